The van der Waals surface area contributed by atoms with E-state index in [1.807, 2.05) is 30.3 Å². The standard InChI is InChI=1S/C13H11BCl.2H2O/c15-13-8-6-11(7-9-13)10-14-12-4-2-1-3-5-12;;/h1-9H,10H2;2*1H2. The average molecular weight is 250 g/mol. The summed E-state index contributed by atoms with van der Waals surface area (Å²) in [6.07, 6.45) is 0.946. The van der Waals surface area contributed by atoms with Crippen LogP contribution >= 0.6 is 11.6 Å². The summed E-state index contributed by atoms with van der Waals surface area (Å²) >= 11 is 5.82. The summed E-state index contributed by atoms with van der Waals surface area (Å²) in [5, 5.41) is 0.790. The van der Waals surface area contributed by atoms with Crippen LogP contribution in [0.25, 0.3) is 0 Å². The predicted octanol–water partition coefficient (Wildman–Crippen LogP) is 1.22. The summed E-state index contributed by atoms with van der Waals surface area (Å²) in [7, 11) is 2.21. The van der Waals surface area contributed by atoms with Crippen molar-refractivity contribution in [3.05, 3.63) is 65.2 Å². The van der Waals surface area contributed by atoms with Crippen molar-refractivity contribution in [1.82, 2.24) is 0 Å². The minimum absolute atomic E-state index is 0. The first-order valence-electron chi connectivity index (χ1n) is 4.97. The first-order chi connectivity index (χ1) is 7.34. The molecule has 0 atom stereocenters. The molecule has 0 saturated carbocycles. The minimum Gasteiger partial charge on any atom is -0.412 e. The third-order valence-electron chi connectivity index (χ3n) is 2.29. The van der Waals surface area contributed by atoms with Crippen molar-refractivity contribution in [1.29, 1.82) is 0 Å². The van der Waals surface area contributed by atoms with E-state index in [0.29, 0.717) is 0 Å². The van der Waals surface area contributed by atoms with E-state index in [1.165, 1.54) is 11.0 Å². The highest BCUT2D eigenvalue weighted by atomic mass is 35.5. The Morgan fingerprint density at radius 1 is 0.824 bits per heavy atom. The molecule has 89 valence electrons. The van der Waals surface area contributed by atoms with Gasteiger partial charge in [-0.2, -0.15) is 0 Å². The van der Waals surface area contributed by atoms with Crippen LogP contribution in [0.2, 0.25) is 5.02 Å². The van der Waals surface area contributed by atoms with E-state index in [9.17, 15) is 0 Å². The van der Waals surface area contributed by atoms with Gasteiger partial charge in [0.25, 0.3) is 0 Å². The number of rotatable bonds is 3. The molecule has 2 aromatic carbocycles. The predicted molar refractivity (Wildman–Crippen MR) is 74.2 cm³/mol. The summed E-state index contributed by atoms with van der Waals surface area (Å²) in [5.74, 6) is 0. The highest BCUT2D eigenvalue weighted by Crippen LogP contribution is 2.09. The maximum atomic E-state index is 5.82. The van der Waals surface area contributed by atoms with Crippen LogP contribution < -0.4 is 5.46 Å². The maximum Gasteiger partial charge on any atom is 0.156 e. The molecular weight excluding hydrogens is 234 g/mol. The lowest BCUT2D eigenvalue weighted by Crippen LogP contribution is -2.15. The van der Waals surface area contributed by atoms with Crippen LogP contribution in [0, 0.1) is 0 Å². The third-order valence-corrected chi connectivity index (χ3v) is 2.54. The zero-order valence-corrected chi connectivity index (χ0v) is 10.1. The molecule has 0 heterocycles. The molecule has 1 radical (unpaired) electrons. The molecule has 4 N–H and O–H groups in total. The Hall–Kier alpha value is -1.29. The number of benzene rings is 2. The molecule has 0 aliphatic carbocycles. The maximum absolute atomic E-state index is 5.82. The normalized spacial score (nSPS) is 8.76. The van der Waals surface area contributed by atoms with E-state index in [2.05, 4.69) is 31.5 Å². The van der Waals surface area contributed by atoms with E-state index in [4.69, 9.17) is 11.6 Å². The monoisotopic (exact) mass is 249 g/mol. The molecule has 0 saturated heterocycles. The van der Waals surface area contributed by atoms with Crippen LogP contribution in [0.1, 0.15) is 5.56 Å². The fourth-order valence-electron chi connectivity index (χ4n) is 1.45. The van der Waals surface area contributed by atoms with Gasteiger partial charge in [0.1, 0.15) is 0 Å². The fourth-order valence-corrected chi connectivity index (χ4v) is 1.57. The molecule has 0 amide bonds. The minimum atomic E-state index is 0. The zero-order valence-electron chi connectivity index (χ0n) is 9.36. The van der Waals surface area contributed by atoms with Crippen molar-refractivity contribution in [3.8, 4) is 0 Å². The second-order valence-electron chi connectivity index (χ2n) is 3.45. The SMILES string of the molecule is Clc1ccc(C[B]c2ccccc2)cc1.O.O. The molecule has 0 aromatic heterocycles. The Kier molecular flexibility index (Phi) is 7.31. The van der Waals surface area contributed by atoms with Crippen molar-refractivity contribution in [2.75, 3.05) is 0 Å². The lowest BCUT2D eigenvalue weighted by molar-refractivity contribution is 0.823. The van der Waals surface area contributed by atoms with Gasteiger partial charge in [0.05, 0.1) is 0 Å². The van der Waals surface area contributed by atoms with Crippen molar-refractivity contribution >= 4 is 24.3 Å². The highest BCUT2D eigenvalue weighted by Gasteiger charge is 1.97. The summed E-state index contributed by atoms with van der Waals surface area (Å²) in [5.41, 5.74) is 2.54. The Labute approximate surface area is 107 Å². The number of halogens is 1. The van der Waals surface area contributed by atoms with Gasteiger partial charge in [-0.3, -0.25) is 0 Å². The Morgan fingerprint density at radius 2 is 1.41 bits per heavy atom. The van der Waals surface area contributed by atoms with Gasteiger partial charge in [0.15, 0.2) is 7.28 Å². The molecular formula is C13H15BClO2. The van der Waals surface area contributed by atoms with E-state index in [1.54, 1.807) is 0 Å². The summed E-state index contributed by atoms with van der Waals surface area (Å²) in [6.45, 7) is 0. The molecule has 2 nitrogen and oxygen atoms in total. The molecule has 0 bridgehead atoms. The second-order valence-corrected chi connectivity index (χ2v) is 3.88. The van der Waals surface area contributed by atoms with Crippen LogP contribution in [0.4, 0.5) is 0 Å². The first-order valence-corrected chi connectivity index (χ1v) is 5.35. The smallest absolute Gasteiger partial charge is 0.156 e. The fraction of sp³-hybridized carbons (Fsp3) is 0.0769. The van der Waals surface area contributed by atoms with Gasteiger partial charge in [0, 0.05) is 5.02 Å². The van der Waals surface area contributed by atoms with Gasteiger partial charge in [-0.1, -0.05) is 65.1 Å². The van der Waals surface area contributed by atoms with Crippen molar-refractivity contribution < 1.29 is 11.0 Å². The van der Waals surface area contributed by atoms with Crippen LogP contribution in [0.5, 0.6) is 0 Å². The molecule has 0 unspecified atom stereocenters. The molecule has 4 heteroatoms. The highest BCUT2D eigenvalue weighted by molar-refractivity contribution is 6.52. The molecule has 0 aliphatic heterocycles. The van der Waals surface area contributed by atoms with Gasteiger partial charge in [-0.15, -0.1) is 0 Å². The van der Waals surface area contributed by atoms with Crippen molar-refractivity contribution in [2.24, 2.45) is 0 Å². The summed E-state index contributed by atoms with van der Waals surface area (Å²) < 4.78 is 0. The van der Waals surface area contributed by atoms with Crippen molar-refractivity contribution in [3.63, 3.8) is 0 Å². The van der Waals surface area contributed by atoms with Gasteiger partial charge < -0.3 is 11.0 Å². The lowest BCUT2D eigenvalue weighted by atomic mass is 9.65. The zero-order chi connectivity index (χ0) is 10.5. The average Bonchev–Trinajstić information content (AvgIpc) is 2.30. The van der Waals surface area contributed by atoms with Gasteiger partial charge in [-0.25, -0.2) is 0 Å². The first kappa shape index (κ1) is 15.7. The third kappa shape index (κ3) is 5.05. The van der Waals surface area contributed by atoms with E-state index in [0.717, 1.165) is 11.3 Å². The number of hydrogen-bond acceptors (Lipinski definition) is 0. The lowest BCUT2D eigenvalue weighted by Gasteiger charge is -2.00. The summed E-state index contributed by atoms with van der Waals surface area (Å²) in [4.78, 5) is 0. The Balaban J connectivity index is 0.00000128. The molecule has 0 spiro atoms. The van der Waals surface area contributed by atoms with E-state index >= 15 is 0 Å². The molecule has 2 rings (SSSR count). The molecule has 0 aliphatic rings. The van der Waals surface area contributed by atoms with E-state index < -0.39 is 0 Å². The molecule has 17 heavy (non-hydrogen) atoms. The van der Waals surface area contributed by atoms with Crippen LogP contribution in [-0.2, 0) is 6.32 Å². The largest absolute Gasteiger partial charge is 0.412 e. The quantitative estimate of drug-likeness (QED) is 0.735. The Morgan fingerprint density at radius 3 is 2.00 bits per heavy atom. The van der Waals surface area contributed by atoms with Crippen LogP contribution in [0.3, 0.4) is 0 Å². The van der Waals surface area contributed by atoms with Crippen LogP contribution in [-0.4, -0.2) is 18.2 Å². The second kappa shape index (κ2) is 7.90. The van der Waals surface area contributed by atoms with E-state index in [-0.39, 0.29) is 11.0 Å². The summed E-state index contributed by atoms with van der Waals surface area (Å²) in [6, 6.07) is 18.3. The van der Waals surface area contributed by atoms with Gasteiger partial charge in [-0.05, 0) is 18.5 Å². The number of hydrogen-bond donors (Lipinski definition) is 0. The molecule has 0 fully saturated rings. The molecule has 2 aromatic rings. The van der Waals surface area contributed by atoms with Crippen LogP contribution in [0.15, 0.2) is 54.6 Å². The van der Waals surface area contributed by atoms with Crippen molar-refractivity contribution in [2.45, 2.75) is 6.32 Å². The van der Waals surface area contributed by atoms with Gasteiger partial charge >= 0.3 is 0 Å². The van der Waals surface area contributed by atoms with Gasteiger partial charge in [0.2, 0.25) is 0 Å². The Bertz CT molecular complexity index is 417. The topological polar surface area (TPSA) is 63.0 Å².